The normalized spacial score (nSPS) is 10.6. The van der Waals surface area contributed by atoms with E-state index >= 15 is 0 Å². The summed E-state index contributed by atoms with van der Waals surface area (Å²) in [6.07, 6.45) is 1.81. The Bertz CT molecular complexity index is 584. The molecule has 0 aliphatic heterocycles. The molecular weight excluding hydrogens is 262 g/mol. The molecule has 21 heavy (non-hydrogen) atoms. The number of nitrogens with zero attached hydrogens (tertiary/aromatic N) is 2. The van der Waals surface area contributed by atoms with Crippen LogP contribution < -0.4 is 10.1 Å². The van der Waals surface area contributed by atoms with Crippen molar-refractivity contribution in [1.29, 1.82) is 0 Å². The van der Waals surface area contributed by atoms with Gasteiger partial charge in [0.15, 0.2) is 0 Å². The summed E-state index contributed by atoms with van der Waals surface area (Å²) in [5.41, 5.74) is 3.15. The fourth-order valence-electron chi connectivity index (χ4n) is 2.28. The highest BCUT2D eigenvalue weighted by Crippen LogP contribution is 2.19. The minimum absolute atomic E-state index is 0.687. The second-order valence-electron chi connectivity index (χ2n) is 5.08. The zero-order chi connectivity index (χ0) is 15.1. The maximum absolute atomic E-state index is 5.39. The summed E-state index contributed by atoms with van der Waals surface area (Å²) in [6, 6.07) is 10.0. The predicted molar refractivity (Wildman–Crippen MR) is 84.6 cm³/mol. The lowest BCUT2D eigenvalue weighted by Gasteiger charge is -2.09. The van der Waals surface area contributed by atoms with Crippen LogP contribution in [0, 0.1) is 6.92 Å². The van der Waals surface area contributed by atoms with E-state index in [9.17, 15) is 0 Å². The third kappa shape index (κ3) is 4.53. The molecule has 4 heteroatoms. The van der Waals surface area contributed by atoms with Gasteiger partial charge in [-0.1, -0.05) is 25.1 Å². The summed E-state index contributed by atoms with van der Waals surface area (Å²) in [4.78, 5) is 9.19. The van der Waals surface area contributed by atoms with Crippen molar-refractivity contribution in [3.8, 4) is 5.75 Å². The van der Waals surface area contributed by atoms with Crippen molar-refractivity contribution in [3.63, 3.8) is 0 Å². The standard InChI is InChI=1S/C17H23N3O/c1-4-9-18-12-15-10-13(2)19-17(20-15)11-14-7-5-6-8-16(14)21-3/h5-8,10,18H,4,9,11-12H2,1-3H3. The van der Waals surface area contributed by atoms with E-state index in [2.05, 4.69) is 28.3 Å². The molecule has 2 aromatic rings. The summed E-state index contributed by atoms with van der Waals surface area (Å²) in [5, 5.41) is 3.38. The average molecular weight is 285 g/mol. The number of nitrogens with one attached hydrogen (secondary N) is 1. The largest absolute Gasteiger partial charge is 0.496 e. The summed E-state index contributed by atoms with van der Waals surface area (Å²) in [7, 11) is 1.69. The average Bonchev–Trinajstić information content (AvgIpc) is 2.47. The summed E-state index contributed by atoms with van der Waals surface area (Å²) >= 11 is 0. The van der Waals surface area contributed by atoms with E-state index in [0.717, 1.165) is 48.0 Å². The number of hydrogen-bond donors (Lipinski definition) is 1. The molecule has 1 N–H and O–H groups in total. The van der Waals surface area contributed by atoms with Crippen molar-refractivity contribution in [1.82, 2.24) is 15.3 Å². The van der Waals surface area contributed by atoms with Gasteiger partial charge in [0.2, 0.25) is 0 Å². The quantitative estimate of drug-likeness (QED) is 0.795. The Hall–Kier alpha value is -1.94. The molecule has 112 valence electrons. The van der Waals surface area contributed by atoms with E-state index in [-0.39, 0.29) is 0 Å². The van der Waals surface area contributed by atoms with Crippen LogP contribution in [0.3, 0.4) is 0 Å². The van der Waals surface area contributed by atoms with Gasteiger partial charge < -0.3 is 10.1 Å². The van der Waals surface area contributed by atoms with Crippen LogP contribution in [0.15, 0.2) is 30.3 Å². The van der Waals surface area contributed by atoms with Crippen molar-refractivity contribution in [2.24, 2.45) is 0 Å². The zero-order valence-electron chi connectivity index (χ0n) is 13.0. The minimum Gasteiger partial charge on any atom is -0.496 e. The fraction of sp³-hybridized carbons (Fsp3) is 0.412. The first-order chi connectivity index (χ1) is 10.2. The Balaban J connectivity index is 2.15. The lowest BCUT2D eigenvalue weighted by Crippen LogP contribution is -2.16. The molecule has 0 fully saturated rings. The van der Waals surface area contributed by atoms with Gasteiger partial charge in [-0.05, 0) is 32.0 Å². The first-order valence-corrected chi connectivity index (χ1v) is 7.39. The number of aryl methyl sites for hydroxylation is 1. The van der Waals surface area contributed by atoms with Crippen LogP contribution in [-0.4, -0.2) is 23.6 Å². The van der Waals surface area contributed by atoms with Crippen LogP contribution in [0.25, 0.3) is 0 Å². The molecule has 1 heterocycles. The molecule has 0 aliphatic carbocycles. The van der Waals surface area contributed by atoms with Crippen molar-refractivity contribution in [2.75, 3.05) is 13.7 Å². The lowest BCUT2D eigenvalue weighted by atomic mass is 10.1. The third-order valence-electron chi connectivity index (χ3n) is 3.23. The Labute approximate surface area is 126 Å². The van der Waals surface area contributed by atoms with Crippen molar-refractivity contribution < 1.29 is 4.74 Å². The molecule has 1 aromatic heterocycles. The molecule has 0 unspecified atom stereocenters. The van der Waals surface area contributed by atoms with Gasteiger partial charge in [-0.25, -0.2) is 9.97 Å². The van der Waals surface area contributed by atoms with Crippen molar-refractivity contribution >= 4 is 0 Å². The Kier molecular flexibility index (Phi) is 5.69. The van der Waals surface area contributed by atoms with Crippen molar-refractivity contribution in [2.45, 2.75) is 33.2 Å². The van der Waals surface area contributed by atoms with Crippen molar-refractivity contribution in [3.05, 3.63) is 53.1 Å². The molecule has 0 saturated heterocycles. The highest BCUT2D eigenvalue weighted by Gasteiger charge is 2.07. The summed E-state index contributed by atoms with van der Waals surface area (Å²) < 4.78 is 5.39. The van der Waals surface area contributed by atoms with Crippen LogP contribution >= 0.6 is 0 Å². The molecular formula is C17H23N3O. The van der Waals surface area contributed by atoms with E-state index in [1.165, 1.54) is 0 Å². The molecule has 1 aromatic carbocycles. The topological polar surface area (TPSA) is 47.0 Å². The van der Waals surface area contributed by atoms with Gasteiger partial charge in [-0.2, -0.15) is 0 Å². The van der Waals surface area contributed by atoms with Gasteiger partial charge in [0, 0.05) is 24.2 Å². The highest BCUT2D eigenvalue weighted by atomic mass is 16.5. The van der Waals surface area contributed by atoms with Gasteiger partial charge in [0.1, 0.15) is 11.6 Å². The summed E-state index contributed by atoms with van der Waals surface area (Å²) in [6.45, 7) is 5.96. The fourth-order valence-corrected chi connectivity index (χ4v) is 2.28. The van der Waals surface area contributed by atoms with E-state index in [0.29, 0.717) is 6.42 Å². The van der Waals surface area contributed by atoms with Gasteiger partial charge in [0.25, 0.3) is 0 Å². The second kappa shape index (κ2) is 7.74. The van der Waals surface area contributed by atoms with E-state index in [1.807, 2.05) is 31.2 Å². The molecule has 0 amide bonds. The number of benzene rings is 1. The van der Waals surface area contributed by atoms with Crippen LogP contribution in [0.2, 0.25) is 0 Å². The molecule has 4 nitrogen and oxygen atoms in total. The van der Waals surface area contributed by atoms with E-state index in [4.69, 9.17) is 4.74 Å². The van der Waals surface area contributed by atoms with Crippen LogP contribution in [0.5, 0.6) is 5.75 Å². The maximum Gasteiger partial charge on any atom is 0.133 e. The monoisotopic (exact) mass is 285 g/mol. The smallest absolute Gasteiger partial charge is 0.133 e. The Morgan fingerprint density at radius 3 is 2.76 bits per heavy atom. The van der Waals surface area contributed by atoms with Gasteiger partial charge in [-0.15, -0.1) is 0 Å². The molecule has 0 aliphatic rings. The van der Waals surface area contributed by atoms with E-state index in [1.54, 1.807) is 7.11 Å². The third-order valence-corrected chi connectivity index (χ3v) is 3.23. The zero-order valence-corrected chi connectivity index (χ0v) is 13.0. The molecule has 0 radical (unpaired) electrons. The Morgan fingerprint density at radius 1 is 1.19 bits per heavy atom. The van der Waals surface area contributed by atoms with E-state index < -0.39 is 0 Å². The van der Waals surface area contributed by atoms with Gasteiger partial charge >= 0.3 is 0 Å². The molecule has 0 atom stereocenters. The maximum atomic E-state index is 5.39. The number of aromatic nitrogens is 2. The molecule has 0 saturated carbocycles. The number of rotatable bonds is 7. The number of ether oxygens (including phenoxy) is 1. The second-order valence-corrected chi connectivity index (χ2v) is 5.08. The van der Waals surface area contributed by atoms with Crippen LogP contribution in [-0.2, 0) is 13.0 Å². The Morgan fingerprint density at radius 2 is 2.00 bits per heavy atom. The molecule has 2 rings (SSSR count). The predicted octanol–water partition coefficient (Wildman–Crippen LogP) is 2.88. The van der Waals surface area contributed by atoms with Gasteiger partial charge in [-0.3, -0.25) is 0 Å². The SMILES string of the molecule is CCCNCc1cc(C)nc(Cc2ccccc2OC)n1. The number of hydrogen-bond acceptors (Lipinski definition) is 4. The molecule has 0 bridgehead atoms. The highest BCUT2D eigenvalue weighted by molar-refractivity contribution is 5.35. The number of para-hydroxylation sites is 1. The lowest BCUT2D eigenvalue weighted by molar-refractivity contribution is 0.410. The van der Waals surface area contributed by atoms with Gasteiger partial charge in [0.05, 0.1) is 12.8 Å². The van der Waals surface area contributed by atoms with Crippen LogP contribution in [0.1, 0.15) is 36.1 Å². The first-order valence-electron chi connectivity index (χ1n) is 7.39. The minimum atomic E-state index is 0.687. The first kappa shape index (κ1) is 15.4. The molecule has 0 spiro atoms. The number of methoxy groups -OCH3 is 1. The van der Waals surface area contributed by atoms with Crippen LogP contribution in [0.4, 0.5) is 0 Å². The summed E-state index contributed by atoms with van der Waals surface area (Å²) in [5.74, 6) is 1.72.